The van der Waals surface area contributed by atoms with Crippen LogP contribution in [0.1, 0.15) is 0 Å². The summed E-state index contributed by atoms with van der Waals surface area (Å²) in [6.07, 6.45) is 0.369. The van der Waals surface area contributed by atoms with Gasteiger partial charge in [0.05, 0.1) is 6.33 Å². The molecule has 3 heteroatoms. The third-order valence-electron chi connectivity index (χ3n) is 0.304. The molecule has 1 nitrogen and oxygen atoms in total. The van der Waals surface area contributed by atoms with E-state index in [2.05, 4.69) is 0 Å². The van der Waals surface area contributed by atoms with E-state index < -0.39 is 9.04 Å². The first-order valence-electron chi connectivity index (χ1n) is 1.56. The van der Waals surface area contributed by atoms with E-state index in [0.717, 1.165) is 5.70 Å². The maximum absolute atomic E-state index is 10.9. The van der Waals surface area contributed by atoms with Crippen molar-refractivity contribution in [1.82, 2.24) is 0 Å². The monoisotopic (exact) mass is 105 g/mol. The van der Waals surface area contributed by atoms with Crippen molar-refractivity contribution in [3.63, 3.8) is 0 Å². The second-order valence-corrected chi connectivity index (χ2v) is 2.55. The Morgan fingerprint density at radius 2 is 2.33 bits per heavy atom. The molecule has 0 saturated carbocycles. The van der Waals surface area contributed by atoms with E-state index >= 15 is 0 Å². The van der Waals surface area contributed by atoms with Gasteiger partial charge in [0.25, 0.3) is 0 Å². The predicted molar refractivity (Wildman–Crippen MR) is 24.1 cm³/mol. The van der Waals surface area contributed by atoms with E-state index in [0.29, 0.717) is 6.33 Å². The minimum Gasteiger partial charge on any atom is -0.428 e. The third kappa shape index (κ3) is 3.85. The molecule has 0 amide bonds. The van der Waals surface area contributed by atoms with Gasteiger partial charge in [0.2, 0.25) is 9.04 Å². The Hall–Kier alpha value is -0.153. The number of hydrogen-bond acceptors (Lipinski definition) is 1. The van der Waals surface area contributed by atoms with Crippen LogP contribution in [0.25, 0.3) is 0 Å². The molecular weight excluding hydrogens is 99.1 g/mol. The van der Waals surface area contributed by atoms with Crippen LogP contribution < -0.4 is 0 Å². The fourth-order valence-corrected chi connectivity index (χ4v) is 0.273. The van der Waals surface area contributed by atoms with Crippen LogP contribution in [0.5, 0.6) is 0 Å². The molecule has 0 bridgehead atoms. The molecule has 0 aliphatic rings. The van der Waals surface area contributed by atoms with Gasteiger partial charge in [-0.3, -0.25) is 0 Å². The molecule has 0 unspecified atom stereocenters. The Morgan fingerprint density at radius 1 is 1.83 bits per heavy atom. The summed E-state index contributed by atoms with van der Waals surface area (Å²) in [7, 11) is -1.44. The second kappa shape index (κ2) is 3.05. The van der Waals surface area contributed by atoms with Crippen LogP contribution in [0.3, 0.4) is 0 Å². The topological polar surface area (TPSA) is 20.2 Å². The van der Waals surface area contributed by atoms with Gasteiger partial charge >= 0.3 is 0 Å². The lowest BCUT2D eigenvalue weighted by atomic mass is 11.2. The maximum atomic E-state index is 10.9. The van der Waals surface area contributed by atoms with Crippen molar-refractivity contribution in [3.8, 4) is 0 Å². The highest BCUT2D eigenvalue weighted by Gasteiger charge is 1.86. The lowest BCUT2D eigenvalue weighted by Gasteiger charge is -1.80. The average molecular weight is 105 g/mol. The van der Waals surface area contributed by atoms with Gasteiger partial charge < -0.3 is 4.80 Å². The van der Waals surface area contributed by atoms with Gasteiger partial charge in [0.15, 0.2) is 0 Å². The van der Waals surface area contributed by atoms with Crippen LogP contribution in [0.15, 0.2) is 12.0 Å². The minimum atomic E-state index is -1.44. The number of rotatable bonds is 1. The first-order chi connectivity index (χ1) is 2.77. The van der Waals surface area contributed by atoms with Crippen LogP contribution in [0, 0.1) is 0 Å². The van der Waals surface area contributed by atoms with Crippen molar-refractivity contribution >= 4 is 9.04 Å². The van der Waals surface area contributed by atoms with Crippen molar-refractivity contribution in [2.75, 3.05) is 0 Å². The Balaban J connectivity index is 3.03. The number of hydrogen-bond donors (Lipinski definition) is 1. The SMILES string of the molecule is C[Si](O)/C=C/F. The standard InChI is InChI=1S/C3H6FOSi/c1-6(5)3-2-4/h2-3,5H,1H3/b3-2+. The van der Waals surface area contributed by atoms with E-state index in [4.69, 9.17) is 4.80 Å². The van der Waals surface area contributed by atoms with Crippen LogP contribution in [0.4, 0.5) is 4.39 Å². The van der Waals surface area contributed by atoms with Gasteiger partial charge in [-0.15, -0.1) is 0 Å². The summed E-state index contributed by atoms with van der Waals surface area (Å²) in [5.74, 6) is 0. The van der Waals surface area contributed by atoms with E-state index in [9.17, 15) is 4.39 Å². The van der Waals surface area contributed by atoms with Gasteiger partial charge in [-0.1, -0.05) is 0 Å². The Morgan fingerprint density at radius 3 is 2.33 bits per heavy atom. The lowest BCUT2D eigenvalue weighted by Crippen LogP contribution is -1.97. The zero-order chi connectivity index (χ0) is 4.99. The first kappa shape index (κ1) is 5.85. The molecule has 0 aliphatic heterocycles. The van der Waals surface area contributed by atoms with Crippen LogP contribution in [-0.4, -0.2) is 13.8 Å². The van der Waals surface area contributed by atoms with Crippen molar-refractivity contribution in [3.05, 3.63) is 12.0 Å². The van der Waals surface area contributed by atoms with Crippen LogP contribution in [-0.2, 0) is 0 Å². The van der Waals surface area contributed by atoms with E-state index in [-0.39, 0.29) is 0 Å². The third-order valence-corrected chi connectivity index (χ3v) is 0.913. The molecule has 0 rings (SSSR count). The highest BCUT2D eigenvalue weighted by molar-refractivity contribution is 6.54. The lowest BCUT2D eigenvalue weighted by molar-refractivity contribution is 0.590. The molecule has 0 aromatic heterocycles. The smallest absolute Gasteiger partial charge is 0.234 e. The molecule has 1 N–H and O–H groups in total. The molecule has 0 atom stereocenters. The first-order valence-corrected chi connectivity index (χ1v) is 3.59. The maximum Gasteiger partial charge on any atom is 0.234 e. The molecular formula is C3H6FOSi. The summed E-state index contributed by atoms with van der Waals surface area (Å²) in [6.45, 7) is 1.58. The van der Waals surface area contributed by atoms with Crippen molar-refractivity contribution < 1.29 is 9.19 Å². The van der Waals surface area contributed by atoms with Crippen LogP contribution in [0.2, 0.25) is 6.55 Å². The van der Waals surface area contributed by atoms with Crippen LogP contribution >= 0.6 is 0 Å². The summed E-state index contributed by atoms with van der Waals surface area (Å²) in [5.41, 5.74) is 1.16. The predicted octanol–water partition coefficient (Wildman–Crippen LogP) is 0.622. The highest BCUT2D eigenvalue weighted by atomic mass is 28.3. The summed E-state index contributed by atoms with van der Waals surface area (Å²) in [5, 5.41) is 0. The average Bonchev–Trinajstić information content (AvgIpc) is 1.35. The normalized spacial score (nSPS) is 11.3. The van der Waals surface area contributed by atoms with E-state index in [1.807, 2.05) is 0 Å². The van der Waals surface area contributed by atoms with Gasteiger partial charge in [-0.25, -0.2) is 4.39 Å². The fraction of sp³-hybridized carbons (Fsp3) is 0.333. The fourth-order valence-electron chi connectivity index (χ4n) is 0.0912. The van der Waals surface area contributed by atoms with Gasteiger partial charge in [-0.05, 0) is 12.2 Å². The van der Waals surface area contributed by atoms with E-state index in [1.165, 1.54) is 0 Å². The summed E-state index contributed by atoms with van der Waals surface area (Å²) >= 11 is 0. The quantitative estimate of drug-likeness (QED) is 0.485. The molecule has 0 aromatic rings. The molecule has 0 spiro atoms. The largest absolute Gasteiger partial charge is 0.428 e. The Bertz CT molecular complexity index is 52.8. The zero-order valence-corrected chi connectivity index (χ0v) is 4.48. The van der Waals surface area contributed by atoms with Gasteiger partial charge in [0, 0.05) is 0 Å². The van der Waals surface area contributed by atoms with Crippen molar-refractivity contribution in [1.29, 1.82) is 0 Å². The number of halogens is 1. The zero-order valence-electron chi connectivity index (χ0n) is 3.48. The Labute approximate surface area is 37.8 Å². The molecule has 0 heterocycles. The molecule has 0 aromatic carbocycles. The van der Waals surface area contributed by atoms with Gasteiger partial charge in [-0.2, -0.15) is 0 Å². The van der Waals surface area contributed by atoms with Crippen molar-refractivity contribution in [2.45, 2.75) is 6.55 Å². The molecule has 0 aliphatic carbocycles. The van der Waals surface area contributed by atoms with Crippen molar-refractivity contribution in [2.24, 2.45) is 0 Å². The summed E-state index contributed by atoms with van der Waals surface area (Å²) in [4.78, 5) is 8.33. The summed E-state index contributed by atoms with van der Waals surface area (Å²) in [6, 6.07) is 0. The van der Waals surface area contributed by atoms with Gasteiger partial charge in [0.1, 0.15) is 0 Å². The highest BCUT2D eigenvalue weighted by Crippen LogP contribution is 1.76. The second-order valence-electron chi connectivity index (χ2n) is 0.934. The molecule has 0 fully saturated rings. The van der Waals surface area contributed by atoms with E-state index in [1.54, 1.807) is 6.55 Å². The molecule has 1 radical (unpaired) electrons. The Kier molecular flexibility index (Phi) is 2.98. The molecule has 6 heavy (non-hydrogen) atoms. The summed E-state index contributed by atoms with van der Waals surface area (Å²) < 4.78 is 10.9. The molecule has 35 valence electrons. The molecule has 0 saturated heterocycles. The minimum absolute atomic E-state index is 0.369.